The number of nitriles is 1. The van der Waals surface area contributed by atoms with Crippen LogP contribution < -0.4 is 5.32 Å². The van der Waals surface area contributed by atoms with Crippen molar-refractivity contribution in [1.82, 2.24) is 15.1 Å². The largest absolute Gasteiger partial charge is 0.383 e. The van der Waals surface area contributed by atoms with Gasteiger partial charge in [0.1, 0.15) is 6.04 Å². The van der Waals surface area contributed by atoms with Crippen molar-refractivity contribution in [3.8, 4) is 6.07 Å². The first-order chi connectivity index (χ1) is 7.20. The molecule has 1 aromatic heterocycles. The van der Waals surface area contributed by atoms with Crippen molar-refractivity contribution >= 4 is 0 Å². The summed E-state index contributed by atoms with van der Waals surface area (Å²) in [7, 11) is 3.50. The summed E-state index contributed by atoms with van der Waals surface area (Å²) in [6, 6.07) is 1.90. The Morgan fingerprint density at radius 2 is 2.47 bits per heavy atom. The second kappa shape index (κ2) is 5.49. The maximum atomic E-state index is 9.02. The van der Waals surface area contributed by atoms with E-state index in [0.29, 0.717) is 13.2 Å². The Balaban J connectivity index is 2.67. The van der Waals surface area contributed by atoms with E-state index in [2.05, 4.69) is 16.5 Å². The molecule has 0 aliphatic rings. The molecule has 5 nitrogen and oxygen atoms in total. The number of hydrogen-bond donors (Lipinski definition) is 1. The van der Waals surface area contributed by atoms with Crippen LogP contribution in [0.4, 0.5) is 0 Å². The van der Waals surface area contributed by atoms with Crippen LogP contribution in [0.3, 0.4) is 0 Å². The average molecular weight is 208 g/mol. The van der Waals surface area contributed by atoms with E-state index in [9.17, 15) is 0 Å². The van der Waals surface area contributed by atoms with Gasteiger partial charge in [-0.1, -0.05) is 0 Å². The summed E-state index contributed by atoms with van der Waals surface area (Å²) in [4.78, 5) is 0. The zero-order chi connectivity index (χ0) is 11.3. The lowest BCUT2D eigenvalue weighted by molar-refractivity contribution is 0.198. The number of methoxy groups -OCH3 is 1. The monoisotopic (exact) mass is 208 g/mol. The Kier molecular flexibility index (Phi) is 4.28. The summed E-state index contributed by atoms with van der Waals surface area (Å²) in [6.45, 7) is 3.20. The van der Waals surface area contributed by atoms with E-state index in [0.717, 1.165) is 11.3 Å². The van der Waals surface area contributed by atoms with E-state index >= 15 is 0 Å². The molecule has 1 atom stereocenters. The summed E-state index contributed by atoms with van der Waals surface area (Å²) >= 11 is 0. The number of hydrogen-bond acceptors (Lipinski definition) is 4. The van der Waals surface area contributed by atoms with Gasteiger partial charge in [0.15, 0.2) is 0 Å². The summed E-state index contributed by atoms with van der Waals surface area (Å²) in [5, 5.41) is 16.2. The highest BCUT2D eigenvalue weighted by Crippen LogP contribution is 2.15. The van der Waals surface area contributed by atoms with E-state index in [1.165, 1.54) is 0 Å². The van der Waals surface area contributed by atoms with E-state index in [4.69, 9.17) is 10.00 Å². The smallest absolute Gasteiger partial charge is 0.124 e. The van der Waals surface area contributed by atoms with Crippen molar-refractivity contribution in [3.63, 3.8) is 0 Å². The second-order valence-corrected chi connectivity index (χ2v) is 3.32. The van der Waals surface area contributed by atoms with Crippen LogP contribution in [-0.2, 0) is 11.8 Å². The van der Waals surface area contributed by atoms with Gasteiger partial charge < -0.3 is 4.74 Å². The van der Waals surface area contributed by atoms with Crippen molar-refractivity contribution in [1.29, 1.82) is 5.26 Å². The summed E-state index contributed by atoms with van der Waals surface area (Å²) in [5.41, 5.74) is 1.93. The predicted molar refractivity (Wildman–Crippen MR) is 56.2 cm³/mol. The third kappa shape index (κ3) is 2.78. The minimum absolute atomic E-state index is 0.311. The highest BCUT2D eigenvalue weighted by Gasteiger charge is 2.14. The van der Waals surface area contributed by atoms with Crippen LogP contribution >= 0.6 is 0 Å². The minimum atomic E-state index is -0.311. The van der Waals surface area contributed by atoms with Crippen LogP contribution in [0.2, 0.25) is 0 Å². The van der Waals surface area contributed by atoms with Crippen molar-refractivity contribution in [2.75, 3.05) is 20.3 Å². The van der Waals surface area contributed by atoms with Gasteiger partial charge in [-0.3, -0.25) is 10.00 Å². The molecule has 0 saturated heterocycles. The molecular weight excluding hydrogens is 192 g/mol. The van der Waals surface area contributed by atoms with Crippen molar-refractivity contribution in [3.05, 3.63) is 17.5 Å². The number of nitrogens with one attached hydrogen (secondary N) is 1. The normalized spacial score (nSPS) is 12.4. The van der Waals surface area contributed by atoms with Crippen molar-refractivity contribution in [2.24, 2.45) is 7.05 Å². The van der Waals surface area contributed by atoms with Gasteiger partial charge in [-0.05, 0) is 6.92 Å². The van der Waals surface area contributed by atoms with Gasteiger partial charge in [0.25, 0.3) is 0 Å². The number of rotatable bonds is 5. The summed E-state index contributed by atoms with van der Waals surface area (Å²) in [5.74, 6) is 0. The fourth-order valence-corrected chi connectivity index (χ4v) is 1.33. The Labute approximate surface area is 89.6 Å². The van der Waals surface area contributed by atoms with Gasteiger partial charge in [-0.15, -0.1) is 0 Å². The van der Waals surface area contributed by atoms with E-state index in [1.54, 1.807) is 18.0 Å². The van der Waals surface area contributed by atoms with E-state index in [1.807, 2.05) is 14.0 Å². The molecule has 0 radical (unpaired) electrons. The molecule has 0 fully saturated rings. The maximum absolute atomic E-state index is 9.02. The Morgan fingerprint density at radius 1 is 1.73 bits per heavy atom. The number of aromatic nitrogens is 2. The van der Waals surface area contributed by atoms with Gasteiger partial charge >= 0.3 is 0 Å². The fourth-order valence-electron chi connectivity index (χ4n) is 1.33. The molecule has 0 aliphatic heterocycles. The Bertz CT molecular complexity index is 353. The molecule has 1 N–H and O–H groups in total. The molecule has 0 saturated carbocycles. The highest BCUT2D eigenvalue weighted by molar-refractivity contribution is 5.25. The zero-order valence-electron chi connectivity index (χ0n) is 9.32. The first-order valence-corrected chi connectivity index (χ1v) is 4.81. The molecule has 0 aromatic carbocycles. The van der Waals surface area contributed by atoms with Crippen LogP contribution in [-0.4, -0.2) is 30.0 Å². The molecule has 15 heavy (non-hydrogen) atoms. The standard InChI is InChI=1S/C10H16N4O/c1-8-9(7-13-14(8)2)10(6-11)12-4-5-15-3/h7,10,12H,4-5H2,1-3H3. The molecule has 1 rings (SSSR count). The fraction of sp³-hybridized carbons (Fsp3) is 0.600. The predicted octanol–water partition coefficient (Wildman–Crippen LogP) is 0.529. The molecule has 0 bridgehead atoms. The topological polar surface area (TPSA) is 62.9 Å². The van der Waals surface area contributed by atoms with Crippen LogP contribution in [0.1, 0.15) is 17.3 Å². The van der Waals surface area contributed by atoms with Gasteiger partial charge in [0, 0.05) is 32.0 Å². The van der Waals surface area contributed by atoms with Crippen molar-refractivity contribution < 1.29 is 4.74 Å². The van der Waals surface area contributed by atoms with Gasteiger partial charge in [-0.2, -0.15) is 10.4 Å². The molecule has 1 aromatic rings. The molecule has 0 amide bonds. The zero-order valence-corrected chi connectivity index (χ0v) is 9.32. The lowest BCUT2D eigenvalue weighted by Gasteiger charge is -2.10. The highest BCUT2D eigenvalue weighted by atomic mass is 16.5. The minimum Gasteiger partial charge on any atom is -0.383 e. The molecule has 1 unspecified atom stereocenters. The summed E-state index contributed by atoms with van der Waals surface area (Å²) in [6.07, 6.45) is 1.73. The molecule has 5 heteroatoms. The van der Waals surface area contributed by atoms with Crippen LogP contribution in [0.15, 0.2) is 6.20 Å². The van der Waals surface area contributed by atoms with Crippen molar-refractivity contribution in [2.45, 2.75) is 13.0 Å². The quantitative estimate of drug-likeness (QED) is 0.717. The third-order valence-electron chi connectivity index (χ3n) is 2.37. The van der Waals surface area contributed by atoms with E-state index < -0.39 is 0 Å². The maximum Gasteiger partial charge on any atom is 0.124 e. The van der Waals surface area contributed by atoms with Gasteiger partial charge in [-0.25, -0.2) is 0 Å². The number of ether oxygens (including phenoxy) is 1. The molecule has 1 heterocycles. The average Bonchev–Trinajstić information content (AvgIpc) is 2.56. The molecule has 0 aliphatic carbocycles. The second-order valence-electron chi connectivity index (χ2n) is 3.32. The third-order valence-corrected chi connectivity index (χ3v) is 2.37. The van der Waals surface area contributed by atoms with Crippen LogP contribution in [0.5, 0.6) is 0 Å². The first-order valence-electron chi connectivity index (χ1n) is 4.81. The van der Waals surface area contributed by atoms with Crippen LogP contribution in [0.25, 0.3) is 0 Å². The molecular formula is C10H16N4O. The number of aryl methyl sites for hydroxylation is 1. The van der Waals surface area contributed by atoms with Gasteiger partial charge in [0.2, 0.25) is 0 Å². The first kappa shape index (κ1) is 11.7. The number of nitrogens with zero attached hydrogens (tertiary/aromatic N) is 3. The lowest BCUT2D eigenvalue weighted by Crippen LogP contribution is -2.24. The lowest BCUT2D eigenvalue weighted by atomic mass is 10.1. The van der Waals surface area contributed by atoms with Gasteiger partial charge in [0.05, 0.1) is 18.9 Å². The Morgan fingerprint density at radius 3 is 2.93 bits per heavy atom. The molecule has 82 valence electrons. The van der Waals surface area contributed by atoms with E-state index in [-0.39, 0.29) is 6.04 Å². The molecule has 0 spiro atoms. The SMILES string of the molecule is COCCNC(C#N)c1cnn(C)c1C. The summed E-state index contributed by atoms with van der Waals surface area (Å²) < 4.78 is 6.68. The van der Waals surface area contributed by atoms with Crippen LogP contribution in [0, 0.1) is 18.3 Å². The Hall–Kier alpha value is -1.38.